The van der Waals surface area contributed by atoms with Gasteiger partial charge < -0.3 is 9.84 Å². The Kier molecular flexibility index (Phi) is 7.66. The van der Waals surface area contributed by atoms with Gasteiger partial charge in [-0.05, 0) is 66.1 Å². The highest BCUT2D eigenvalue weighted by Crippen LogP contribution is 2.64. The van der Waals surface area contributed by atoms with Gasteiger partial charge in [-0.2, -0.15) is 0 Å². The summed E-state index contributed by atoms with van der Waals surface area (Å²) in [5.41, 5.74) is 3.13. The molecule has 8 rings (SSSR count). The van der Waals surface area contributed by atoms with Gasteiger partial charge in [-0.25, -0.2) is 0 Å². The number of rotatable bonds is 6. The molecule has 1 aliphatic heterocycles. The number of imide groups is 1. The van der Waals surface area contributed by atoms with Crippen molar-refractivity contribution in [2.75, 3.05) is 12.0 Å². The number of methoxy groups -OCH3 is 1. The largest absolute Gasteiger partial charge is 0.508 e. The number of ketones is 2. The first-order valence-corrected chi connectivity index (χ1v) is 17.2. The van der Waals surface area contributed by atoms with Gasteiger partial charge in [0.05, 0.1) is 30.0 Å². The first kappa shape index (κ1) is 31.7. The highest BCUT2D eigenvalue weighted by Gasteiger charge is 2.66. The minimum absolute atomic E-state index is 0.0726. The minimum atomic E-state index is -1.42. The van der Waals surface area contributed by atoms with Crippen molar-refractivity contribution in [3.63, 3.8) is 0 Å². The van der Waals surface area contributed by atoms with Gasteiger partial charge in [0.25, 0.3) is 0 Å². The molecule has 1 saturated heterocycles. The van der Waals surface area contributed by atoms with Crippen LogP contribution in [0.2, 0.25) is 0 Å². The molecule has 50 heavy (non-hydrogen) atoms. The Morgan fingerprint density at radius 3 is 2.20 bits per heavy atom. The van der Waals surface area contributed by atoms with Gasteiger partial charge in [-0.15, -0.1) is 0 Å². The third-order valence-electron chi connectivity index (χ3n) is 11.5. The van der Waals surface area contributed by atoms with Gasteiger partial charge in [0.1, 0.15) is 11.5 Å². The summed E-state index contributed by atoms with van der Waals surface area (Å²) in [6.45, 7) is 2.05. The number of hydrogen-bond acceptors (Lipinski definition) is 6. The van der Waals surface area contributed by atoms with Crippen molar-refractivity contribution in [1.29, 1.82) is 0 Å². The van der Waals surface area contributed by atoms with E-state index in [0.717, 1.165) is 17.6 Å². The molecule has 1 N–H and O–H groups in total. The monoisotopic (exact) mass is 663 g/mol. The first-order valence-electron chi connectivity index (χ1n) is 17.2. The van der Waals surface area contributed by atoms with E-state index in [1.807, 2.05) is 97.9 Å². The number of fused-ring (bicyclic) bond motifs is 4. The van der Waals surface area contributed by atoms with Crippen molar-refractivity contribution in [1.82, 2.24) is 0 Å². The van der Waals surface area contributed by atoms with Crippen LogP contribution in [0.4, 0.5) is 5.69 Å². The van der Waals surface area contributed by atoms with Crippen LogP contribution in [0.25, 0.3) is 5.57 Å². The Balaban J connectivity index is 1.35. The molecule has 2 fully saturated rings. The second-order valence-corrected chi connectivity index (χ2v) is 13.7. The molecule has 1 saturated carbocycles. The molecule has 7 nitrogen and oxygen atoms in total. The molecule has 2 amide bonds. The molecule has 0 bridgehead atoms. The molecular weight excluding hydrogens is 626 g/mol. The predicted molar refractivity (Wildman–Crippen MR) is 190 cm³/mol. The number of carbonyl (C=O) groups is 4. The average Bonchev–Trinajstić information content (AvgIpc) is 3.41. The molecule has 0 spiro atoms. The van der Waals surface area contributed by atoms with E-state index in [4.69, 9.17) is 4.74 Å². The maximum Gasteiger partial charge on any atom is 0.238 e. The van der Waals surface area contributed by atoms with Crippen LogP contribution in [0.15, 0.2) is 121 Å². The van der Waals surface area contributed by atoms with Crippen molar-refractivity contribution in [3.05, 3.63) is 143 Å². The highest BCUT2D eigenvalue weighted by molar-refractivity contribution is 6.32. The smallest absolute Gasteiger partial charge is 0.238 e. The van der Waals surface area contributed by atoms with Crippen LogP contribution in [0.1, 0.15) is 47.9 Å². The summed E-state index contributed by atoms with van der Waals surface area (Å²) in [5.74, 6) is -4.13. The van der Waals surface area contributed by atoms with Crippen molar-refractivity contribution >= 4 is 34.6 Å². The average molecular weight is 664 g/mol. The predicted octanol–water partition coefficient (Wildman–Crippen LogP) is 6.99. The summed E-state index contributed by atoms with van der Waals surface area (Å²) < 4.78 is 5.42. The lowest BCUT2D eigenvalue weighted by Gasteiger charge is -2.55. The fourth-order valence-corrected chi connectivity index (χ4v) is 9.25. The standard InChI is InChI=1S/C43H37NO6/c1-3-25-14-16-28(17-15-25)44-41(48)32-21-20-30-34(38(32)42(44)49)23-35-40(47)33(26-10-6-4-7-11-26)24-37(46)43(35,27-12-8-5-9-13-27)39(30)31-19-18-29(50-2)22-36(31)45/h4-20,22,24,32,34-35,38-39,45H,3,21,23H2,1-2H3. The second-order valence-electron chi connectivity index (χ2n) is 13.7. The molecule has 0 radical (unpaired) electrons. The number of aromatic hydroxyl groups is 1. The second kappa shape index (κ2) is 12.1. The SMILES string of the molecule is CCc1ccc(N2C(=O)C3CC=C4C(CC5C(=O)C(c6ccccc6)=CC(=O)C5(c5ccccc5)C4c4ccc(OC)cc4O)C3C2=O)cc1. The zero-order valence-electron chi connectivity index (χ0n) is 27.9. The molecule has 3 aliphatic carbocycles. The van der Waals surface area contributed by atoms with Gasteiger partial charge >= 0.3 is 0 Å². The summed E-state index contributed by atoms with van der Waals surface area (Å²) in [7, 11) is 1.51. The Morgan fingerprint density at radius 1 is 0.840 bits per heavy atom. The van der Waals surface area contributed by atoms with E-state index >= 15 is 9.59 Å². The molecular formula is C43H37NO6. The molecule has 4 aromatic rings. The topological polar surface area (TPSA) is 101 Å². The van der Waals surface area contributed by atoms with E-state index < -0.39 is 35.0 Å². The Bertz CT molecular complexity index is 2100. The Morgan fingerprint density at radius 2 is 1.54 bits per heavy atom. The number of phenols is 1. The zero-order valence-corrected chi connectivity index (χ0v) is 27.9. The van der Waals surface area contributed by atoms with E-state index in [2.05, 4.69) is 0 Å². The zero-order chi connectivity index (χ0) is 34.7. The van der Waals surface area contributed by atoms with Crippen LogP contribution in [0, 0.1) is 23.7 Å². The number of ether oxygens (including phenoxy) is 1. The number of aryl methyl sites for hydroxylation is 1. The van der Waals surface area contributed by atoms with Gasteiger partial charge in [0.15, 0.2) is 11.6 Å². The molecule has 1 heterocycles. The molecule has 0 aromatic heterocycles. The number of phenolic OH excluding ortho intramolecular Hbond substituents is 1. The quantitative estimate of drug-likeness (QED) is 0.176. The van der Waals surface area contributed by atoms with Crippen LogP contribution in [0.5, 0.6) is 11.5 Å². The fourth-order valence-electron chi connectivity index (χ4n) is 9.25. The lowest BCUT2D eigenvalue weighted by atomic mass is 9.44. The van der Waals surface area contributed by atoms with Crippen molar-refractivity contribution in [2.24, 2.45) is 23.7 Å². The number of Topliss-reactive ketones (excluding diaryl/α,β-unsaturated/α-hetero) is 1. The lowest BCUT2D eigenvalue weighted by Crippen LogP contribution is -2.58. The van der Waals surface area contributed by atoms with Crippen LogP contribution < -0.4 is 9.64 Å². The summed E-state index contributed by atoms with van der Waals surface area (Å²) in [5, 5.41) is 11.7. The van der Waals surface area contributed by atoms with Crippen LogP contribution >= 0.6 is 0 Å². The summed E-state index contributed by atoms with van der Waals surface area (Å²) >= 11 is 0. The molecule has 250 valence electrons. The van der Waals surface area contributed by atoms with E-state index in [1.54, 1.807) is 12.1 Å². The minimum Gasteiger partial charge on any atom is -0.508 e. The van der Waals surface area contributed by atoms with Gasteiger partial charge in [-0.3, -0.25) is 24.1 Å². The lowest BCUT2D eigenvalue weighted by molar-refractivity contribution is -0.135. The van der Waals surface area contributed by atoms with E-state index in [-0.39, 0.29) is 35.6 Å². The van der Waals surface area contributed by atoms with Gasteiger partial charge in [-0.1, -0.05) is 97.4 Å². The molecule has 4 aliphatic rings. The summed E-state index contributed by atoms with van der Waals surface area (Å²) in [6, 6.07) is 31.1. The first-order chi connectivity index (χ1) is 24.3. The fraction of sp³-hybridized carbons (Fsp3) is 0.256. The number of anilines is 1. The highest BCUT2D eigenvalue weighted by atomic mass is 16.5. The van der Waals surface area contributed by atoms with Crippen molar-refractivity contribution in [2.45, 2.75) is 37.5 Å². The van der Waals surface area contributed by atoms with Crippen molar-refractivity contribution in [3.8, 4) is 11.5 Å². The van der Waals surface area contributed by atoms with Gasteiger partial charge in [0, 0.05) is 29.0 Å². The molecule has 4 aromatic carbocycles. The number of benzene rings is 4. The Hall–Kier alpha value is -5.56. The number of nitrogens with zero attached hydrogens (tertiary/aromatic N) is 1. The third kappa shape index (κ3) is 4.56. The summed E-state index contributed by atoms with van der Waals surface area (Å²) in [6.07, 6.45) is 4.82. The molecule has 6 atom stereocenters. The number of hydrogen-bond donors (Lipinski definition) is 1. The molecule has 6 unspecified atom stereocenters. The van der Waals surface area contributed by atoms with E-state index in [9.17, 15) is 14.7 Å². The van der Waals surface area contributed by atoms with Crippen LogP contribution in [0.3, 0.4) is 0 Å². The van der Waals surface area contributed by atoms with Crippen LogP contribution in [-0.4, -0.2) is 35.6 Å². The van der Waals surface area contributed by atoms with E-state index in [0.29, 0.717) is 40.1 Å². The Labute approximate surface area is 290 Å². The van der Waals surface area contributed by atoms with Gasteiger partial charge in [0.2, 0.25) is 11.8 Å². The maximum atomic E-state index is 15.1. The van der Waals surface area contributed by atoms with Crippen LogP contribution in [-0.2, 0) is 31.0 Å². The summed E-state index contributed by atoms with van der Waals surface area (Å²) in [4.78, 5) is 60.1. The maximum absolute atomic E-state index is 15.1. The number of amides is 2. The van der Waals surface area contributed by atoms with E-state index in [1.165, 1.54) is 24.2 Å². The third-order valence-corrected chi connectivity index (χ3v) is 11.5. The molecule has 7 heteroatoms. The van der Waals surface area contributed by atoms with Crippen molar-refractivity contribution < 1.29 is 29.0 Å². The number of allylic oxidation sites excluding steroid dienone is 4. The normalized spacial score (nSPS) is 27.2. The number of carbonyl (C=O) groups excluding carboxylic acids is 4.